The molecule has 0 aliphatic rings. The normalized spacial score (nSPS) is 14.4. The van der Waals surface area contributed by atoms with Crippen molar-refractivity contribution in [3.05, 3.63) is 0 Å². The maximum Gasteiger partial charge on any atom is 0.472 e. The van der Waals surface area contributed by atoms with Gasteiger partial charge >= 0.3 is 39.5 Å². The molecule has 0 radical (unpaired) electrons. The van der Waals surface area contributed by atoms with Crippen LogP contribution in [0.3, 0.4) is 0 Å². The van der Waals surface area contributed by atoms with Crippen LogP contribution < -0.4 is 0 Å². The molecular formula is C62H120O17P2. The predicted molar refractivity (Wildman–Crippen MR) is 321 cm³/mol. The zero-order chi connectivity index (χ0) is 60.3. The summed E-state index contributed by atoms with van der Waals surface area (Å²) in [7, 11) is -9.88. The molecule has 5 atom stereocenters. The lowest BCUT2D eigenvalue weighted by atomic mass is 10.0. The second-order valence-corrected chi connectivity index (χ2v) is 26.8. The average Bonchev–Trinajstić information content (AvgIpc) is 3.41. The number of aliphatic hydroxyl groups excluding tert-OH is 1. The van der Waals surface area contributed by atoms with Gasteiger partial charge in [-0.1, -0.05) is 248 Å². The Kier molecular flexibility index (Phi) is 52.2. The average molecular weight is 1200 g/mol. The number of hydrogen-bond donors (Lipinski definition) is 3. The van der Waals surface area contributed by atoms with E-state index in [1.54, 1.807) is 0 Å². The molecule has 0 aromatic heterocycles. The van der Waals surface area contributed by atoms with E-state index < -0.39 is 97.5 Å². The summed E-state index contributed by atoms with van der Waals surface area (Å²) >= 11 is 0. The van der Waals surface area contributed by atoms with Crippen molar-refractivity contribution in [2.75, 3.05) is 39.6 Å². The number of esters is 4. The molecule has 0 spiro atoms. The summed E-state index contributed by atoms with van der Waals surface area (Å²) < 4.78 is 67.8. The highest BCUT2D eigenvalue weighted by atomic mass is 31.2. The highest BCUT2D eigenvalue weighted by molar-refractivity contribution is 7.47. The summed E-state index contributed by atoms with van der Waals surface area (Å²) in [6.45, 7) is 11.6. The van der Waals surface area contributed by atoms with E-state index in [1.807, 2.05) is 0 Å². The van der Waals surface area contributed by atoms with Crippen molar-refractivity contribution >= 4 is 39.5 Å². The van der Waals surface area contributed by atoms with Gasteiger partial charge < -0.3 is 33.8 Å². The Morgan fingerprint density at radius 3 is 0.840 bits per heavy atom. The largest absolute Gasteiger partial charge is 0.472 e. The summed E-state index contributed by atoms with van der Waals surface area (Å²) in [6, 6.07) is 0. The number of phosphoric ester groups is 2. The lowest BCUT2D eigenvalue weighted by Crippen LogP contribution is -2.30. The zero-order valence-corrected chi connectivity index (χ0v) is 54.0. The Morgan fingerprint density at radius 1 is 0.333 bits per heavy atom. The fourth-order valence-electron chi connectivity index (χ4n) is 9.13. The van der Waals surface area contributed by atoms with Crippen molar-refractivity contribution in [2.45, 2.75) is 317 Å². The van der Waals surface area contributed by atoms with Gasteiger partial charge in [-0.3, -0.25) is 37.3 Å². The molecule has 0 rings (SSSR count). The van der Waals surface area contributed by atoms with Crippen molar-refractivity contribution in [3.8, 4) is 0 Å². The maximum absolute atomic E-state index is 13.0. The molecule has 0 heterocycles. The van der Waals surface area contributed by atoms with Crippen LogP contribution in [0.15, 0.2) is 0 Å². The van der Waals surface area contributed by atoms with Crippen LogP contribution >= 0.6 is 15.6 Å². The van der Waals surface area contributed by atoms with Crippen LogP contribution in [-0.4, -0.2) is 96.7 Å². The maximum atomic E-state index is 13.0. The van der Waals surface area contributed by atoms with Gasteiger partial charge in [0.2, 0.25) is 0 Å². The SMILES string of the molecule is CCCCCCCCCC(=O)OC[C@H](COP(=O)(O)OC[C@H](O)COP(=O)(O)OC[C@@H](COC(=O)CCCCCCCCCCC(C)C)OC(=O)CCCCCCCCCCCCC(C)C)OC(=O)CCCCCCCCCC(C)C. The molecule has 81 heavy (non-hydrogen) atoms. The molecule has 0 aromatic carbocycles. The summed E-state index contributed by atoms with van der Waals surface area (Å²) in [5, 5.41) is 10.5. The highest BCUT2D eigenvalue weighted by Crippen LogP contribution is 2.45. The number of hydrogen-bond acceptors (Lipinski definition) is 15. The molecular weight excluding hydrogens is 1080 g/mol. The van der Waals surface area contributed by atoms with Crippen LogP contribution in [0.2, 0.25) is 0 Å². The van der Waals surface area contributed by atoms with Gasteiger partial charge in [0.1, 0.15) is 19.3 Å². The molecule has 0 saturated carbocycles. The second-order valence-electron chi connectivity index (χ2n) is 23.9. The molecule has 19 heteroatoms. The van der Waals surface area contributed by atoms with E-state index in [2.05, 4.69) is 48.5 Å². The zero-order valence-electron chi connectivity index (χ0n) is 52.2. The predicted octanol–water partition coefficient (Wildman–Crippen LogP) is 16.7. The number of phosphoric acid groups is 2. The Bertz CT molecular complexity index is 1610. The smallest absolute Gasteiger partial charge is 0.462 e. The van der Waals surface area contributed by atoms with Crippen LogP contribution in [0.4, 0.5) is 0 Å². The van der Waals surface area contributed by atoms with Gasteiger partial charge in [0.05, 0.1) is 26.4 Å². The third-order valence-electron chi connectivity index (χ3n) is 14.1. The first-order valence-corrected chi connectivity index (χ1v) is 35.3. The molecule has 0 fully saturated rings. The van der Waals surface area contributed by atoms with Crippen molar-refractivity contribution in [1.82, 2.24) is 0 Å². The van der Waals surface area contributed by atoms with E-state index in [0.717, 1.165) is 115 Å². The van der Waals surface area contributed by atoms with Gasteiger partial charge in [0.25, 0.3) is 0 Å². The van der Waals surface area contributed by atoms with Crippen molar-refractivity contribution in [2.24, 2.45) is 17.8 Å². The van der Waals surface area contributed by atoms with Gasteiger partial charge in [0.15, 0.2) is 12.2 Å². The van der Waals surface area contributed by atoms with Gasteiger partial charge in [-0.25, -0.2) is 9.13 Å². The van der Waals surface area contributed by atoms with Gasteiger partial charge in [-0.05, 0) is 43.4 Å². The van der Waals surface area contributed by atoms with E-state index in [1.165, 1.54) is 96.3 Å². The molecule has 17 nitrogen and oxygen atoms in total. The number of carbonyl (C=O) groups excluding carboxylic acids is 4. The summed E-state index contributed by atoms with van der Waals surface area (Å²) in [5.41, 5.74) is 0. The number of rotatable bonds is 60. The summed E-state index contributed by atoms with van der Waals surface area (Å²) in [4.78, 5) is 72.0. The van der Waals surface area contributed by atoms with E-state index in [9.17, 15) is 43.2 Å². The Labute approximate surface area is 492 Å². The quantitative estimate of drug-likeness (QED) is 0.0222. The van der Waals surface area contributed by atoms with Crippen molar-refractivity contribution < 1.29 is 80.2 Å². The highest BCUT2D eigenvalue weighted by Gasteiger charge is 2.30. The molecule has 0 aliphatic heterocycles. The first-order valence-electron chi connectivity index (χ1n) is 32.3. The van der Waals surface area contributed by atoms with Crippen LogP contribution in [0, 0.1) is 17.8 Å². The molecule has 480 valence electrons. The van der Waals surface area contributed by atoms with Crippen LogP contribution in [0.5, 0.6) is 0 Å². The lowest BCUT2D eigenvalue weighted by molar-refractivity contribution is -0.161. The molecule has 0 aliphatic carbocycles. The molecule has 3 N–H and O–H groups in total. The topological polar surface area (TPSA) is 237 Å². The minimum Gasteiger partial charge on any atom is -0.462 e. The number of carbonyl (C=O) groups is 4. The number of ether oxygens (including phenoxy) is 4. The Morgan fingerprint density at radius 2 is 0.568 bits per heavy atom. The summed E-state index contributed by atoms with van der Waals surface area (Å²) in [5.74, 6) is 0.0294. The first-order chi connectivity index (χ1) is 38.7. The molecule has 0 amide bonds. The summed E-state index contributed by atoms with van der Waals surface area (Å²) in [6.07, 6.45) is 33.7. The third kappa shape index (κ3) is 56.9. The Hall–Kier alpha value is -1.94. The van der Waals surface area contributed by atoms with Crippen molar-refractivity contribution in [3.63, 3.8) is 0 Å². The van der Waals surface area contributed by atoms with Gasteiger partial charge in [-0.2, -0.15) is 0 Å². The third-order valence-corrected chi connectivity index (χ3v) is 16.0. The van der Waals surface area contributed by atoms with Crippen LogP contribution in [0.25, 0.3) is 0 Å². The molecule has 0 bridgehead atoms. The number of unbranched alkanes of at least 4 members (excludes halogenated alkanes) is 28. The fourth-order valence-corrected chi connectivity index (χ4v) is 10.7. The molecule has 0 saturated heterocycles. The van der Waals surface area contributed by atoms with E-state index in [-0.39, 0.29) is 25.7 Å². The van der Waals surface area contributed by atoms with Gasteiger partial charge in [-0.15, -0.1) is 0 Å². The van der Waals surface area contributed by atoms with Crippen LogP contribution in [-0.2, 0) is 65.4 Å². The first kappa shape index (κ1) is 79.1. The number of aliphatic hydroxyl groups is 1. The lowest BCUT2D eigenvalue weighted by Gasteiger charge is -2.21. The monoisotopic (exact) mass is 1200 g/mol. The van der Waals surface area contributed by atoms with E-state index in [0.29, 0.717) is 31.6 Å². The minimum absolute atomic E-state index is 0.102. The molecule has 2 unspecified atom stereocenters. The van der Waals surface area contributed by atoms with Gasteiger partial charge in [0, 0.05) is 25.7 Å². The van der Waals surface area contributed by atoms with E-state index in [4.69, 9.17) is 37.0 Å². The van der Waals surface area contributed by atoms with Crippen LogP contribution in [0.1, 0.15) is 299 Å². The standard InChI is InChI=1S/C62H120O17P2/c1-8-9-10-11-19-29-36-43-59(64)72-49-57(79-62(67)46-39-32-25-18-22-28-35-42-55(6)7)51-76-80(68,69)74-47-56(63)48-75-81(70,71)77-52-58(50-73-60(65)44-37-30-23-17-16-21-27-34-41-54(4)5)78-61(66)45-38-31-24-15-13-12-14-20-26-33-40-53(2)3/h53-58,63H,8-52H2,1-7H3,(H,68,69)(H,70,71)/t56-,57+,58+/m0/s1. The minimum atomic E-state index is -4.94. The second kappa shape index (κ2) is 53.5. The Balaban J connectivity index is 5.23. The van der Waals surface area contributed by atoms with Crippen molar-refractivity contribution in [1.29, 1.82) is 0 Å². The molecule has 0 aromatic rings. The van der Waals surface area contributed by atoms with E-state index >= 15 is 0 Å². The fraction of sp³-hybridized carbons (Fsp3) is 0.935.